The highest BCUT2D eigenvalue weighted by atomic mass is 16.5. The highest BCUT2D eigenvalue weighted by molar-refractivity contribution is 5.20. The van der Waals surface area contributed by atoms with Crippen molar-refractivity contribution in [2.24, 2.45) is 0 Å². The molecule has 1 rings (SSSR count). The molecule has 0 aliphatic rings. The van der Waals surface area contributed by atoms with Crippen molar-refractivity contribution >= 4 is 0 Å². The second kappa shape index (κ2) is 7.78. The first-order chi connectivity index (χ1) is 7.86. The van der Waals surface area contributed by atoms with Crippen molar-refractivity contribution in [1.82, 2.24) is 5.32 Å². The molecule has 2 heteroatoms. The second-order valence-electron chi connectivity index (χ2n) is 3.61. The second-order valence-corrected chi connectivity index (χ2v) is 3.61. The first-order valence-electron chi connectivity index (χ1n) is 5.71. The van der Waals surface area contributed by atoms with E-state index in [2.05, 4.69) is 18.2 Å². The van der Waals surface area contributed by atoms with Crippen LogP contribution in [-0.4, -0.2) is 19.2 Å². The minimum Gasteiger partial charge on any atom is -0.494 e. The van der Waals surface area contributed by atoms with E-state index < -0.39 is 0 Å². The Bertz CT molecular complexity index is 315. The fourth-order valence-electron chi connectivity index (χ4n) is 1.54. The number of para-hydroxylation sites is 1. The maximum absolute atomic E-state index is 5.62. The molecule has 1 N–H and O–H groups in total. The highest BCUT2D eigenvalue weighted by Gasteiger charge is 2.05. The van der Waals surface area contributed by atoms with Gasteiger partial charge in [-0.2, -0.15) is 0 Å². The Morgan fingerprint density at radius 2 is 2.12 bits per heavy atom. The van der Waals surface area contributed by atoms with Gasteiger partial charge in [0, 0.05) is 12.5 Å². The quantitative estimate of drug-likeness (QED) is 0.708. The van der Waals surface area contributed by atoms with Crippen molar-refractivity contribution in [1.29, 1.82) is 0 Å². The van der Waals surface area contributed by atoms with Crippen molar-refractivity contribution in [3.8, 4) is 18.1 Å². The summed E-state index contributed by atoms with van der Waals surface area (Å²) in [5, 5.41) is 3.35. The van der Waals surface area contributed by atoms with Crippen LogP contribution in [0.4, 0.5) is 0 Å². The molecule has 1 aromatic rings. The number of hydrogen-bond acceptors (Lipinski definition) is 2. The highest BCUT2D eigenvalue weighted by Crippen LogP contribution is 2.09. The van der Waals surface area contributed by atoms with E-state index in [1.54, 1.807) is 0 Å². The van der Waals surface area contributed by atoms with Crippen LogP contribution in [0.25, 0.3) is 0 Å². The van der Waals surface area contributed by atoms with E-state index >= 15 is 0 Å². The lowest BCUT2D eigenvalue weighted by Crippen LogP contribution is -2.30. The summed E-state index contributed by atoms with van der Waals surface area (Å²) in [6, 6.07) is 10.2. The van der Waals surface area contributed by atoms with E-state index in [-0.39, 0.29) is 0 Å². The third kappa shape index (κ3) is 4.86. The van der Waals surface area contributed by atoms with Gasteiger partial charge in [-0.15, -0.1) is 12.3 Å². The molecule has 1 atom stereocenters. The number of nitrogens with one attached hydrogen (secondary N) is 1. The normalized spacial score (nSPS) is 11.8. The molecular weight excluding hydrogens is 198 g/mol. The average Bonchev–Trinajstić information content (AvgIpc) is 2.31. The minimum atomic E-state index is 0.360. The number of ether oxygens (including phenoxy) is 1. The zero-order valence-corrected chi connectivity index (χ0v) is 9.78. The SMILES string of the molecule is C#CCC(CCOc1ccccc1)NCC. The van der Waals surface area contributed by atoms with E-state index in [0.29, 0.717) is 12.6 Å². The number of hydrogen-bond donors (Lipinski definition) is 1. The standard InChI is InChI=1S/C14H19NO/c1-3-8-13(15-4-2)11-12-16-14-9-6-5-7-10-14/h1,5-7,9-10,13,15H,4,8,11-12H2,2H3. The van der Waals surface area contributed by atoms with E-state index in [1.165, 1.54) is 0 Å². The Labute approximate surface area is 98.0 Å². The van der Waals surface area contributed by atoms with Crippen LogP contribution in [0, 0.1) is 12.3 Å². The number of rotatable bonds is 7. The van der Waals surface area contributed by atoms with Crippen molar-refractivity contribution in [3.63, 3.8) is 0 Å². The Kier molecular flexibility index (Phi) is 6.13. The zero-order valence-electron chi connectivity index (χ0n) is 9.78. The third-order valence-electron chi connectivity index (χ3n) is 2.34. The summed E-state index contributed by atoms with van der Waals surface area (Å²) >= 11 is 0. The lowest BCUT2D eigenvalue weighted by Gasteiger charge is -2.15. The molecule has 2 nitrogen and oxygen atoms in total. The summed E-state index contributed by atoms with van der Waals surface area (Å²) in [6.45, 7) is 3.72. The zero-order chi connectivity index (χ0) is 11.6. The van der Waals surface area contributed by atoms with Crippen LogP contribution in [0.3, 0.4) is 0 Å². The van der Waals surface area contributed by atoms with Gasteiger partial charge in [-0.1, -0.05) is 25.1 Å². The molecule has 0 radical (unpaired) electrons. The van der Waals surface area contributed by atoms with Crippen LogP contribution in [0.1, 0.15) is 19.8 Å². The monoisotopic (exact) mass is 217 g/mol. The molecule has 0 fully saturated rings. The largest absolute Gasteiger partial charge is 0.494 e. The van der Waals surface area contributed by atoms with Crippen LogP contribution in [0.5, 0.6) is 5.75 Å². The topological polar surface area (TPSA) is 21.3 Å². The lowest BCUT2D eigenvalue weighted by atomic mass is 10.1. The summed E-state index contributed by atoms with van der Waals surface area (Å²) in [5.41, 5.74) is 0. The van der Waals surface area contributed by atoms with Crippen molar-refractivity contribution in [3.05, 3.63) is 30.3 Å². The molecule has 0 saturated carbocycles. The first kappa shape index (κ1) is 12.6. The van der Waals surface area contributed by atoms with Crippen LogP contribution < -0.4 is 10.1 Å². The van der Waals surface area contributed by atoms with Gasteiger partial charge in [0.15, 0.2) is 0 Å². The maximum atomic E-state index is 5.62. The minimum absolute atomic E-state index is 0.360. The molecule has 0 bridgehead atoms. The molecule has 0 saturated heterocycles. The Morgan fingerprint density at radius 1 is 1.38 bits per heavy atom. The van der Waals surface area contributed by atoms with Gasteiger partial charge in [0.1, 0.15) is 5.75 Å². The molecule has 1 unspecified atom stereocenters. The van der Waals surface area contributed by atoms with E-state index in [0.717, 1.165) is 25.1 Å². The Balaban J connectivity index is 2.25. The van der Waals surface area contributed by atoms with Gasteiger partial charge in [0.05, 0.1) is 6.61 Å². The molecule has 16 heavy (non-hydrogen) atoms. The fourth-order valence-corrected chi connectivity index (χ4v) is 1.54. The van der Waals surface area contributed by atoms with Crippen LogP contribution in [0.15, 0.2) is 30.3 Å². The van der Waals surface area contributed by atoms with E-state index in [4.69, 9.17) is 11.2 Å². The smallest absolute Gasteiger partial charge is 0.119 e. The van der Waals surface area contributed by atoms with E-state index in [1.807, 2.05) is 30.3 Å². The van der Waals surface area contributed by atoms with Gasteiger partial charge < -0.3 is 10.1 Å². The van der Waals surface area contributed by atoms with Crippen molar-refractivity contribution in [2.75, 3.05) is 13.2 Å². The van der Waals surface area contributed by atoms with Gasteiger partial charge in [-0.25, -0.2) is 0 Å². The van der Waals surface area contributed by atoms with Gasteiger partial charge in [-0.05, 0) is 25.1 Å². The fraction of sp³-hybridized carbons (Fsp3) is 0.429. The molecule has 0 spiro atoms. The molecule has 86 valence electrons. The van der Waals surface area contributed by atoms with Gasteiger partial charge in [0.25, 0.3) is 0 Å². The number of terminal acetylenes is 1. The number of benzene rings is 1. The summed E-state index contributed by atoms with van der Waals surface area (Å²) in [6.07, 6.45) is 7.01. The van der Waals surface area contributed by atoms with Gasteiger partial charge in [-0.3, -0.25) is 0 Å². The van der Waals surface area contributed by atoms with E-state index in [9.17, 15) is 0 Å². The lowest BCUT2D eigenvalue weighted by molar-refractivity contribution is 0.287. The predicted octanol–water partition coefficient (Wildman–Crippen LogP) is 2.46. The summed E-state index contributed by atoms with van der Waals surface area (Å²) in [7, 11) is 0. The first-order valence-corrected chi connectivity index (χ1v) is 5.71. The molecule has 0 heterocycles. The van der Waals surface area contributed by atoms with Crippen LogP contribution in [0.2, 0.25) is 0 Å². The Morgan fingerprint density at radius 3 is 2.75 bits per heavy atom. The molecule has 1 aromatic carbocycles. The van der Waals surface area contributed by atoms with Crippen LogP contribution >= 0.6 is 0 Å². The summed E-state index contributed by atoms with van der Waals surface area (Å²) in [4.78, 5) is 0. The van der Waals surface area contributed by atoms with Crippen molar-refractivity contribution in [2.45, 2.75) is 25.8 Å². The average molecular weight is 217 g/mol. The summed E-state index contributed by atoms with van der Waals surface area (Å²) < 4.78 is 5.62. The Hall–Kier alpha value is -1.46. The van der Waals surface area contributed by atoms with Gasteiger partial charge in [0.2, 0.25) is 0 Å². The third-order valence-corrected chi connectivity index (χ3v) is 2.34. The molecular formula is C14H19NO. The van der Waals surface area contributed by atoms with Crippen LogP contribution in [-0.2, 0) is 0 Å². The molecule has 0 aliphatic carbocycles. The molecule has 0 aromatic heterocycles. The van der Waals surface area contributed by atoms with Gasteiger partial charge >= 0.3 is 0 Å². The molecule has 0 aliphatic heterocycles. The van der Waals surface area contributed by atoms with Crippen molar-refractivity contribution < 1.29 is 4.74 Å². The molecule has 0 amide bonds. The maximum Gasteiger partial charge on any atom is 0.119 e. The summed E-state index contributed by atoms with van der Waals surface area (Å²) in [5.74, 6) is 3.60. The predicted molar refractivity (Wildman–Crippen MR) is 67.5 cm³/mol.